The number of aromatic nitrogens is 2. The molecule has 0 saturated heterocycles. The maximum atomic E-state index is 11.5. The van der Waals surface area contributed by atoms with Crippen molar-refractivity contribution in [1.82, 2.24) is 9.38 Å². The number of hydrogen-bond acceptors (Lipinski definition) is 4. The molecule has 1 aliphatic rings. The lowest BCUT2D eigenvalue weighted by atomic mass is 10.1. The zero-order valence-electron chi connectivity index (χ0n) is 13.3. The van der Waals surface area contributed by atoms with E-state index in [4.69, 9.17) is 9.47 Å². The number of nitrogens with zero attached hydrogens (tertiary/aromatic N) is 2. The van der Waals surface area contributed by atoms with Crippen molar-refractivity contribution in [3.05, 3.63) is 42.7 Å². The van der Waals surface area contributed by atoms with Gasteiger partial charge in [-0.25, -0.2) is 4.98 Å². The van der Waals surface area contributed by atoms with Crippen LogP contribution in [0.2, 0.25) is 0 Å². The van der Waals surface area contributed by atoms with Crippen LogP contribution in [0.5, 0.6) is 11.5 Å². The van der Waals surface area contributed by atoms with Crippen molar-refractivity contribution in [2.24, 2.45) is 0 Å². The number of carbonyl (C=O) groups excluding carboxylic acids is 1. The molecule has 24 heavy (non-hydrogen) atoms. The van der Waals surface area contributed by atoms with Crippen LogP contribution < -0.4 is 14.8 Å². The molecular formula is C18H17N3O3. The van der Waals surface area contributed by atoms with E-state index in [2.05, 4.69) is 10.3 Å². The Morgan fingerprint density at radius 1 is 1.17 bits per heavy atom. The predicted octanol–water partition coefficient (Wildman–Crippen LogP) is 3.12. The van der Waals surface area contributed by atoms with Gasteiger partial charge in [-0.1, -0.05) is 6.92 Å². The number of amides is 1. The third-order valence-electron chi connectivity index (χ3n) is 3.89. The fraction of sp³-hybridized carbons (Fsp3) is 0.222. The molecule has 2 aromatic heterocycles. The fourth-order valence-electron chi connectivity index (χ4n) is 2.66. The monoisotopic (exact) mass is 323 g/mol. The molecule has 0 spiro atoms. The van der Waals surface area contributed by atoms with Gasteiger partial charge in [0, 0.05) is 24.4 Å². The SMILES string of the molecule is CCC(=O)Nc1ccc2nc(-c3ccc4c(c3)OCCO4)cn2c1. The highest BCUT2D eigenvalue weighted by atomic mass is 16.6. The second-order valence-electron chi connectivity index (χ2n) is 5.57. The molecule has 3 aromatic rings. The molecule has 0 radical (unpaired) electrons. The van der Waals surface area contributed by atoms with Gasteiger partial charge in [0.25, 0.3) is 0 Å². The zero-order chi connectivity index (χ0) is 16.5. The van der Waals surface area contributed by atoms with E-state index in [9.17, 15) is 4.79 Å². The molecule has 1 amide bonds. The van der Waals surface area contributed by atoms with Gasteiger partial charge in [-0.3, -0.25) is 4.79 Å². The second kappa shape index (κ2) is 5.88. The molecule has 1 aliphatic heterocycles. The topological polar surface area (TPSA) is 64.9 Å². The van der Waals surface area contributed by atoms with Gasteiger partial charge in [0.2, 0.25) is 5.91 Å². The first-order chi connectivity index (χ1) is 11.7. The second-order valence-corrected chi connectivity index (χ2v) is 5.57. The van der Waals surface area contributed by atoms with Crippen LogP contribution in [-0.4, -0.2) is 28.5 Å². The number of anilines is 1. The minimum absolute atomic E-state index is 0.0125. The van der Waals surface area contributed by atoms with Gasteiger partial charge in [0.05, 0.1) is 11.4 Å². The van der Waals surface area contributed by atoms with Gasteiger partial charge in [-0.2, -0.15) is 0 Å². The van der Waals surface area contributed by atoms with E-state index in [0.29, 0.717) is 19.6 Å². The summed E-state index contributed by atoms with van der Waals surface area (Å²) in [7, 11) is 0. The quantitative estimate of drug-likeness (QED) is 0.804. The summed E-state index contributed by atoms with van der Waals surface area (Å²) in [6.45, 7) is 2.96. The Labute approximate surface area is 139 Å². The van der Waals surface area contributed by atoms with Crippen LogP contribution in [0.15, 0.2) is 42.7 Å². The standard InChI is InChI=1S/C18H17N3O3/c1-2-18(22)19-13-4-6-17-20-14(11-21(17)10-13)12-3-5-15-16(9-12)24-8-7-23-15/h3-6,9-11H,2,7-8H2,1H3,(H,19,22). The highest BCUT2D eigenvalue weighted by molar-refractivity contribution is 5.90. The normalized spacial score (nSPS) is 13.0. The molecule has 6 nitrogen and oxygen atoms in total. The molecule has 0 saturated carbocycles. The number of carbonyl (C=O) groups is 1. The van der Waals surface area contributed by atoms with Crippen LogP contribution >= 0.6 is 0 Å². The first kappa shape index (κ1) is 14.6. The van der Waals surface area contributed by atoms with Gasteiger partial charge < -0.3 is 19.2 Å². The Balaban J connectivity index is 1.68. The maximum absolute atomic E-state index is 11.5. The van der Waals surface area contributed by atoms with Gasteiger partial charge in [-0.05, 0) is 30.3 Å². The fourth-order valence-corrected chi connectivity index (χ4v) is 2.66. The van der Waals surface area contributed by atoms with Gasteiger partial charge in [0.1, 0.15) is 18.9 Å². The number of benzene rings is 1. The van der Waals surface area contributed by atoms with Gasteiger partial charge >= 0.3 is 0 Å². The van der Waals surface area contributed by atoms with Gasteiger partial charge in [0.15, 0.2) is 11.5 Å². The highest BCUT2D eigenvalue weighted by Crippen LogP contribution is 2.34. The highest BCUT2D eigenvalue weighted by Gasteiger charge is 2.14. The summed E-state index contributed by atoms with van der Waals surface area (Å²) in [6, 6.07) is 9.54. The average molecular weight is 323 g/mol. The summed E-state index contributed by atoms with van der Waals surface area (Å²) in [5.41, 5.74) is 3.36. The molecule has 0 unspecified atom stereocenters. The largest absolute Gasteiger partial charge is 0.486 e. The van der Waals surface area contributed by atoms with Crippen molar-refractivity contribution in [3.63, 3.8) is 0 Å². The molecule has 1 aromatic carbocycles. The predicted molar refractivity (Wildman–Crippen MR) is 90.5 cm³/mol. The number of pyridine rings is 1. The summed E-state index contributed by atoms with van der Waals surface area (Å²) < 4.78 is 13.1. The summed E-state index contributed by atoms with van der Waals surface area (Å²) in [5.74, 6) is 1.49. The smallest absolute Gasteiger partial charge is 0.224 e. The minimum atomic E-state index is -0.0125. The van der Waals surface area contributed by atoms with Crippen LogP contribution in [0, 0.1) is 0 Å². The number of ether oxygens (including phenoxy) is 2. The Morgan fingerprint density at radius 3 is 2.83 bits per heavy atom. The lowest BCUT2D eigenvalue weighted by Gasteiger charge is -2.18. The van der Waals surface area contributed by atoms with Crippen LogP contribution in [0.3, 0.4) is 0 Å². The Hall–Kier alpha value is -3.02. The number of rotatable bonds is 3. The first-order valence-electron chi connectivity index (χ1n) is 7.91. The van der Waals surface area contributed by atoms with Crippen molar-refractivity contribution < 1.29 is 14.3 Å². The Bertz CT molecular complexity index is 917. The third-order valence-corrected chi connectivity index (χ3v) is 3.89. The Kier molecular flexibility index (Phi) is 3.57. The number of fused-ring (bicyclic) bond motifs is 2. The first-order valence-corrected chi connectivity index (χ1v) is 7.91. The van der Waals surface area contributed by atoms with Crippen molar-refractivity contribution in [3.8, 4) is 22.8 Å². The summed E-state index contributed by atoms with van der Waals surface area (Å²) in [6.07, 6.45) is 4.24. The summed E-state index contributed by atoms with van der Waals surface area (Å²) in [5, 5.41) is 2.85. The lowest BCUT2D eigenvalue weighted by molar-refractivity contribution is -0.115. The van der Waals surface area contributed by atoms with Crippen molar-refractivity contribution in [2.45, 2.75) is 13.3 Å². The molecule has 0 aliphatic carbocycles. The zero-order valence-corrected chi connectivity index (χ0v) is 13.3. The van der Waals surface area contributed by atoms with E-state index < -0.39 is 0 Å². The minimum Gasteiger partial charge on any atom is -0.486 e. The molecular weight excluding hydrogens is 306 g/mol. The third kappa shape index (κ3) is 2.67. The van der Waals surface area contributed by atoms with E-state index in [0.717, 1.165) is 34.1 Å². The van der Waals surface area contributed by atoms with Crippen molar-refractivity contribution in [1.29, 1.82) is 0 Å². The van der Waals surface area contributed by atoms with Crippen LogP contribution in [0.25, 0.3) is 16.9 Å². The lowest BCUT2D eigenvalue weighted by Crippen LogP contribution is -2.15. The molecule has 0 atom stereocenters. The van der Waals surface area contributed by atoms with Crippen molar-refractivity contribution >= 4 is 17.2 Å². The van der Waals surface area contributed by atoms with E-state index in [1.165, 1.54) is 0 Å². The molecule has 0 fully saturated rings. The molecule has 1 N–H and O–H groups in total. The van der Waals surface area contributed by atoms with E-state index in [1.807, 2.05) is 54.0 Å². The van der Waals surface area contributed by atoms with Gasteiger partial charge in [-0.15, -0.1) is 0 Å². The van der Waals surface area contributed by atoms with Crippen LogP contribution in [-0.2, 0) is 4.79 Å². The van der Waals surface area contributed by atoms with Crippen LogP contribution in [0.1, 0.15) is 13.3 Å². The molecule has 4 rings (SSSR count). The Morgan fingerprint density at radius 2 is 2.00 bits per heavy atom. The number of nitrogens with one attached hydrogen (secondary N) is 1. The van der Waals surface area contributed by atoms with Crippen molar-refractivity contribution in [2.75, 3.05) is 18.5 Å². The molecule has 6 heteroatoms. The van der Waals surface area contributed by atoms with E-state index in [-0.39, 0.29) is 5.91 Å². The van der Waals surface area contributed by atoms with E-state index >= 15 is 0 Å². The average Bonchev–Trinajstić information content (AvgIpc) is 3.04. The molecule has 122 valence electrons. The van der Waals surface area contributed by atoms with E-state index in [1.54, 1.807) is 0 Å². The summed E-state index contributed by atoms with van der Waals surface area (Å²) >= 11 is 0. The molecule has 3 heterocycles. The number of hydrogen-bond donors (Lipinski definition) is 1. The molecule has 0 bridgehead atoms. The summed E-state index contributed by atoms with van der Waals surface area (Å²) in [4.78, 5) is 16.1. The maximum Gasteiger partial charge on any atom is 0.224 e. The number of imidazole rings is 1. The van der Waals surface area contributed by atoms with Crippen LogP contribution in [0.4, 0.5) is 5.69 Å².